The van der Waals surface area contributed by atoms with Crippen molar-refractivity contribution >= 4 is 0 Å². The summed E-state index contributed by atoms with van der Waals surface area (Å²) in [6, 6.07) is 8.02. The Morgan fingerprint density at radius 3 is 2.20 bits per heavy atom. The highest BCUT2D eigenvalue weighted by Gasteiger charge is 2.13. The van der Waals surface area contributed by atoms with Crippen LogP contribution in [0, 0.1) is 17.5 Å². The smallest absolute Gasteiger partial charge is 0.165 e. The molecule has 2 aromatic carbocycles. The third-order valence-electron chi connectivity index (χ3n) is 2.84. The predicted molar refractivity (Wildman–Crippen MR) is 69.9 cm³/mol. The minimum atomic E-state index is -0.712. The molecule has 0 unspecified atom stereocenters. The van der Waals surface area contributed by atoms with Gasteiger partial charge < -0.3 is 10.1 Å². The molecule has 0 amide bonds. The summed E-state index contributed by atoms with van der Waals surface area (Å²) >= 11 is 0. The second kappa shape index (κ2) is 6.43. The normalized spacial score (nSPS) is 10.6. The van der Waals surface area contributed by atoms with Gasteiger partial charge >= 0.3 is 0 Å². The van der Waals surface area contributed by atoms with Gasteiger partial charge in [0.05, 0.1) is 5.56 Å². The summed E-state index contributed by atoms with van der Waals surface area (Å²) < 4.78 is 46.0. The molecule has 0 atom stereocenters. The molecule has 5 heteroatoms. The maximum absolute atomic E-state index is 13.7. The van der Waals surface area contributed by atoms with Crippen LogP contribution in [0.5, 0.6) is 5.75 Å². The lowest BCUT2D eigenvalue weighted by atomic mass is 10.2. The van der Waals surface area contributed by atoms with Crippen LogP contribution in [-0.4, -0.2) is 7.05 Å². The van der Waals surface area contributed by atoms with Crippen molar-refractivity contribution in [2.75, 3.05) is 7.05 Å². The van der Waals surface area contributed by atoms with Gasteiger partial charge in [0.25, 0.3) is 0 Å². The van der Waals surface area contributed by atoms with E-state index in [1.165, 1.54) is 12.1 Å². The van der Waals surface area contributed by atoms with Crippen molar-refractivity contribution in [3.8, 4) is 5.75 Å². The van der Waals surface area contributed by atoms with E-state index < -0.39 is 17.5 Å². The molecule has 0 aromatic heterocycles. The molecule has 20 heavy (non-hydrogen) atoms. The highest BCUT2D eigenvalue weighted by atomic mass is 19.1. The largest absolute Gasteiger partial charge is 0.485 e. The number of hydrogen-bond acceptors (Lipinski definition) is 2. The Kier molecular flexibility index (Phi) is 4.63. The van der Waals surface area contributed by atoms with Crippen molar-refractivity contribution in [2.45, 2.75) is 13.2 Å². The first kappa shape index (κ1) is 14.4. The summed E-state index contributed by atoms with van der Waals surface area (Å²) in [4.78, 5) is 0. The zero-order valence-electron chi connectivity index (χ0n) is 10.9. The molecule has 0 saturated heterocycles. The third kappa shape index (κ3) is 3.11. The van der Waals surface area contributed by atoms with Gasteiger partial charge in [0.2, 0.25) is 0 Å². The second-order valence-electron chi connectivity index (χ2n) is 4.25. The first-order chi connectivity index (χ1) is 9.63. The zero-order chi connectivity index (χ0) is 14.5. The van der Waals surface area contributed by atoms with E-state index in [4.69, 9.17) is 4.74 Å². The molecular formula is C15H14F3NO. The molecule has 0 aliphatic rings. The van der Waals surface area contributed by atoms with Crippen LogP contribution >= 0.6 is 0 Å². The number of hydrogen-bond donors (Lipinski definition) is 1. The van der Waals surface area contributed by atoms with E-state index in [1.54, 1.807) is 19.2 Å². The van der Waals surface area contributed by atoms with Crippen molar-refractivity contribution in [1.82, 2.24) is 5.32 Å². The Bertz CT molecular complexity index is 581. The number of nitrogens with one attached hydrogen (secondary N) is 1. The van der Waals surface area contributed by atoms with Crippen molar-refractivity contribution in [3.63, 3.8) is 0 Å². The standard InChI is InChI=1S/C15H14F3NO/c1-19-8-10-4-2-7-14(18)15(10)20-9-11-12(16)5-3-6-13(11)17/h2-7,19H,8-9H2,1H3. The summed E-state index contributed by atoms with van der Waals surface area (Å²) in [5.41, 5.74) is 0.371. The quantitative estimate of drug-likeness (QED) is 0.907. The number of halogens is 3. The van der Waals surface area contributed by atoms with Gasteiger partial charge in [-0.05, 0) is 25.2 Å². The van der Waals surface area contributed by atoms with Gasteiger partial charge in [-0.1, -0.05) is 18.2 Å². The van der Waals surface area contributed by atoms with Crippen LogP contribution in [0.4, 0.5) is 13.2 Å². The number of benzene rings is 2. The number of para-hydroxylation sites is 1. The summed E-state index contributed by atoms with van der Waals surface area (Å²) in [5, 5.41) is 2.88. The van der Waals surface area contributed by atoms with Gasteiger partial charge in [-0.25, -0.2) is 13.2 Å². The molecule has 0 radical (unpaired) electrons. The zero-order valence-corrected chi connectivity index (χ0v) is 10.9. The molecule has 0 aliphatic heterocycles. The number of ether oxygens (including phenoxy) is 1. The fourth-order valence-corrected chi connectivity index (χ4v) is 1.86. The molecule has 0 fully saturated rings. The van der Waals surface area contributed by atoms with Crippen LogP contribution in [0.25, 0.3) is 0 Å². The van der Waals surface area contributed by atoms with Crippen LogP contribution in [0.15, 0.2) is 36.4 Å². The lowest BCUT2D eigenvalue weighted by Gasteiger charge is -2.13. The van der Waals surface area contributed by atoms with Gasteiger partial charge in [0.1, 0.15) is 18.2 Å². The van der Waals surface area contributed by atoms with E-state index in [0.29, 0.717) is 12.1 Å². The van der Waals surface area contributed by atoms with E-state index in [-0.39, 0.29) is 17.9 Å². The van der Waals surface area contributed by atoms with Crippen LogP contribution in [0.3, 0.4) is 0 Å². The minimum Gasteiger partial charge on any atom is -0.485 e. The summed E-state index contributed by atoms with van der Waals surface area (Å²) in [7, 11) is 1.71. The Morgan fingerprint density at radius 1 is 0.950 bits per heavy atom. The molecule has 106 valence electrons. The molecule has 0 bridgehead atoms. The third-order valence-corrected chi connectivity index (χ3v) is 2.84. The van der Waals surface area contributed by atoms with Crippen molar-refractivity contribution in [1.29, 1.82) is 0 Å². The topological polar surface area (TPSA) is 21.3 Å². The SMILES string of the molecule is CNCc1cccc(F)c1OCc1c(F)cccc1F. The van der Waals surface area contributed by atoms with E-state index in [1.807, 2.05) is 0 Å². The van der Waals surface area contributed by atoms with Crippen LogP contribution < -0.4 is 10.1 Å². The first-order valence-electron chi connectivity index (χ1n) is 6.11. The maximum Gasteiger partial charge on any atom is 0.165 e. The van der Waals surface area contributed by atoms with Gasteiger partial charge in [-0.3, -0.25) is 0 Å². The number of rotatable bonds is 5. The van der Waals surface area contributed by atoms with Gasteiger partial charge in [0, 0.05) is 12.1 Å². The van der Waals surface area contributed by atoms with Crippen molar-refractivity contribution < 1.29 is 17.9 Å². The Labute approximate surface area is 115 Å². The Hall–Kier alpha value is -2.01. The molecule has 0 spiro atoms. The summed E-state index contributed by atoms with van der Waals surface area (Å²) in [6.45, 7) is 0.0308. The van der Waals surface area contributed by atoms with Crippen molar-refractivity contribution in [2.24, 2.45) is 0 Å². The monoisotopic (exact) mass is 281 g/mol. The maximum atomic E-state index is 13.7. The predicted octanol–water partition coefficient (Wildman–Crippen LogP) is 3.40. The second-order valence-corrected chi connectivity index (χ2v) is 4.25. The molecule has 0 aliphatic carbocycles. The van der Waals surface area contributed by atoms with Gasteiger partial charge in [0.15, 0.2) is 11.6 Å². The van der Waals surface area contributed by atoms with Gasteiger partial charge in [-0.15, -0.1) is 0 Å². The Morgan fingerprint density at radius 2 is 1.55 bits per heavy atom. The highest BCUT2D eigenvalue weighted by Crippen LogP contribution is 2.24. The van der Waals surface area contributed by atoms with E-state index >= 15 is 0 Å². The van der Waals surface area contributed by atoms with E-state index in [2.05, 4.69) is 5.32 Å². The molecule has 0 heterocycles. The lowest BCUT2D eigenvalue weighted by Crippen LogP contribution is -2.09. The van der Waals surface area contributed by atoms with E-state index in [9.17, 15) is 13.2 Å². The molecule has 2 aromatic rings. The molecule has 2 nitrogen and oxygen atoms in total. The van der Waals surface area contributed by atoms with Gasteiger partial charge in [-0.2, -0.15) is 0 Å². The summed E-state index contributed by atoms with van der Waals surface area (Å²) in [5.74, 6) is -1.98. The fraction of sp³-hybridized carbons (Fsp3) is 0.200. The average molecular weight is 281 g/mol. The van der Waals surface area contributed by atoms with Crippen molar-refractivity contribution in [3.05, 3.63) is 65.0 Å². The van der Waals surface area contributed by atoms with Crippen LogP contribution in [-0.2, 0) is 13.2 Å². The fourth-order valence-electron chi connectivity index (χ4n) is 1.86. The van der Waals surface area contributed by atoms with Crippen LogP contribution in [0.1, 0.15) is 11.1 Å². The average Bonchev–Trinajstić information content (AvgIpc) is 2.41. The Balaban J connectivity index is 2.23. The lowest BCUT2D eigenvalue weighted by molar-refractivity contribution is 0.275. The first-order valence-corrected chi connectivity index (χ1v) is 6.11. The molecule has 2 rings (SSSR count). The highest BCUT2D eigenvalue weighted by molar-refractivity contribution is 5.35. The molecule has 0 saturated carbocycles. The van der Waals surface area contributed by atoms with Crippen LogP contribution in [0.2, 0.25) is 0 Å². The summed E-state index contributed by atoms with van der Waals surface area (Å²) in [6.07, 6.45) is 0. The minimum absolute atomic E-state index is 0.00417. The molecular weight excluding hydrogens is 267 g/mol. The molecule has 1 N–H and O–H groups in total. The van der Waals surface area contributed by atoms with E-state index in [0.717, 1.165) is 12.1 Å².